The number of hydrogen-bond donors (Lipinski definition) is 3. The van der Waals surface area contributed by atoms with Crippen LogP contribution in [-0.4, -0.2) is 45.3 Å². The highest BCUT2D eigenvalue weighted by Crippen LogP contribution is 2.21. The van der Waals surface area contributed by atoms with Crippen LogP contribution in [0.3, 0.4) is 0 Å². The van der Waals surface area contributed by atoms with E-state index < -0.39 is 16.0 Å². The van der Waals surface area contributed by atoms with Crippen LogP contribution in [-0.2, 0) is 21.2 Å². The van der Waals surface area contributed by atoms with Gasteiger partial charge in [0.15, 0.2) is 0 Å². The molecule has 0 bridgehead atoms. The molecule has 0 radical (unpaired) electrons. The molecule has 1 fully saturated rings. The van der Waals surface area contributed by atoms with Crippen molar-refractivity contribution in [2.75, 3.05) is 25.0 Å². The summed E-state index contributed by atoms with van der Waals surface area (Å²) < 4.78 is 32.9. The number of ether oxygens (including phenoxy) is 1. The zero-order chi connectivity index (χ0) is 20.0. The number of rotatable bonds is 9. The van der Waals surface area contributed by atoms with Gasteiger partial charge in [0, 0.05) is 25.4 Å². The first-order valence-electron chi connectivity index (χ1n) is 9.22. The van der Waals surface area contributed by atoms with Crippen LogP contribution in [0.15, 0.2) is 53.4 Å². The standard InChI is InChI=1S/C20H24N2O5S/c23-20(24)18-13-17(28(25,26)22-14-16-7-4-12-27-16)8-9-19(18)21-11-10-15-5-2-1-3-6-15/h1-3,5-6,8-9,13,16,21-22H,4,7,10-12,14H2,(H,23,24)/t16-/m0/s1. The molecule has 2 aromatic carbocycles. The minimum absolute atomic E-state index is 0.0727. The third-order valence-corrected chi connectivity index (χ3v) is 6.05. The van der Waals surface area contributed by atoms with E-state index in [0.29, 0.717) is 18.8 Å². The van der Waals surface area contributed by atoms with E-state index in [1.807, 2.05) is 30.3 Å². The summed E-state index contributed by atoms with van der Waals surface area (Å²) in [6.45, 7) is 1.36. The zero-order valence-corrected chi connectivity index (χ0v) is 16.2. The van der Waals surface area contributed by atoms with Gasteiger partial charge in [-0.25, -0.2) is 17.9 Å². The van der Waals surface area contributed by atoms with Crippen LogP contribution in [0, 0.1) is 0 Å². The summed E-state index contributed by atoms with van der Waals surface area (Å²) in [4.78, 5) is 11.6. The Kier molecular flexibility index (Phi) is 6.66. The van der Waals surface area contributed by atoms with Crippen molar-refractivity contribution in [1.82, 2.24) is 4.72 Å². The van der Waals surface area contributed by atoms with Crippen LogP contribution >= 0.6 is 0 Å². The molecule has 1 atom stereocenters. The molecule has 0 saturated carbocycles. The van der Waals surface area contributed by atoms with E-state index >= 15 is 0 Å². The number of benzene rings is 2. The number of carboxylic acids is 1. The third kappa shape index (κ3) is 5.31. The highest BCUT2D eigenvalue weighted by molar-refractivity contribution is 7.89. The molecule has 28 heavy (non-hydrogen) atoms. The van der Waals surface area contributed by atoms with Crippen molar-refractivity contribution < 1.29 is 23.1 Å². The Hall–Kier alpha value is -2.42. The van der Waals surface area contributed by atoms with E-state index in [1.165, 1.54) is 18.2 Å². The number of carbonyl (C=O) groups is 1. The first kappa shape index (κ1) is 20.3. The van der Waals surface area contributed by atoms with Gasteiger partial charge in [-0.2, -0.15) is 0 Å². The Labute approximate surface area is 164 Å². The smallest absolute Gasteiger partial charge is 0.337 e. The fourth-order valence-corrected chi connectivity index (χ4v) is 4.19. The maximum Gasteiger partial charge on any atom is 0.337 e. The fourth-order valence-electron chi connectivity index (χ4n) is 3.10. The molecule has 8 heteroatoms. The Bertz CT molecular complexity index is 909. The van der Waals surface area contributed by atoms with Crippen LogP contribution in [0.1, 0.15) is 28.8 Å². The summed E-state index contributed by atoms with van der Waals surface area (Å²) in [6, 6.07) is 13.9. The molecule has 0 unspecified atom stereocenters. The van der Waals surface area contributed by atoms with Crippen molar-refractivity contribution in [2.24, 2.45) is 0 Å². The fraction of sp³-hybridized carbons (Fsp3) is 0.350. The highest BCUT2D eigenvalue weighted by Gasteiger charge is 2.22. The van der Waals surface area contributed by atoms with E-state index in [9.17, 15) is 18.3 Å². The molecule has 0 aromatic heterocycles. The van der Waals surface area contributed by atoms with Crippen LogP contribution in [0.2, 0.25) is 0 Å². The van der Waals surface area contributed by atoms with Gasteiger partial charge < -0.3 is 15.2 Å². The molecule has 0 aliphatic carbocycles. The van der Waals surface area contributed by atoms with Gasteiger partial charge in [0.1, 0.15) is 0 Å². The molecule has 150 valence electrons. The summed E-state index contributed by atoms with van der Waals surface area (Å²) in [7, 11) is -3.81. The minimum Gasteiger partial charge on any atom is -0.478 e. The molecule has 1 saturated heterocycles. The Morgan fingerprint density at radius 1 is 1.18 bits per heavy atom. The third-order valence-electron chi connectivity index (χ3n) is 4.63. The molecule has 0 amide bonds. The van der Waals surface area contributed by atoms with Gasteiger partial charge in [0.2, 0.25) is 10.0 Å². The molecule has 3 rings (SSSR count). The lowest BCUT2D eigenvalue weighted by Gasteiger charge is -2.14. The summed E-state index contributed by atoms with van der Waals surface area (Å²) in [6.07, 6.45) is 2.32. The van der Waals surface area contributed by atoms with E-state index in [-0.39, 0.29) is 23.1 Å². The maximum absolute atomic E-state index is 12.5. The second kappa shape index (κ2) is 9.18. The van der Waals surface area contributed by atoms with Crippen molar-refractivity contribution in [2.45, 2.75) is 30.3 Å². The lowest BCUT2D eigenvalue weighted by atomic mass is 10.1. The predicted molar refractivity (Wildman–Crippen MR) is 106 cm³/mol. The Morgan fingerprint density at radius 3 is 2.64 bits per heavy atom. The van der Waals surface area contributed by atoms with Gasteiger partial charge in [-0.15, -0.1) is 0 Å². The average Bonchev–Trinajstić information content (AvgIpc) is 3.21. The van der Waals surface area contributed by atoms with E-state index in [0.717, 1.165) is 24.8 Å². The summed E-state index contributed by atoms with van der Waals surface area (Å²) in [5.74, 6) is -1.18. The van der Waals surface area contributed by atoms with Crippen molar-refractivity contribution in [3.63, 3.8) is 0 Å². The number of nitrogens with one attached hydrogen (secondary N) is 2. The minimum atomic E-state index is -3.81. The Balaban J connectivity index is 1.68. The van der Waals surface area contributed by atoms with Crippen LogP contribution < -0.4 is 10.0 Å². The lowest BCUT2D eigenvalue weighted by Crippen LogP contribution is -2.32. The maximum atomic E-state index is 12.5. The quantitative estimate of drug-likeness (QED) is 0.593. The number of carboxylic acid groups (broad SMARTS) is 1. The van der Waals surface area contributed by atoms with Crippen LogP contribution in [0.5, 0.6) is 0 Å². The molecule has 1 heterocycles. The SMILES string of the molecule is O=C(O)c1cc(S(=O)(=O)NC[C@@H]2CCCO2)ccc1NCCc1ccccc1. The molecular weight excluding hydrogens is 380 g/mol. The summed E-state index contributed by atoms with van der Waals surface area (Å²) in [5, 5.41) is 12.6. The lowest BCUT2D eigenvalue weighted by molar-refractivity contribution is 0.0697. The summed E-state index contributed by atoms with van der Waals surface area (Å²) >= 11 is 0. The molecule has 7 nitrogen and oxygen atoms in total. The van der Waals surface area contributed by atoms with Crippen molar-refractivity contribution in [3.05, 3.63) is 59.7 Å². The van der Waals surface area contributed by atoms with Crippen molar-refractivity contribution in [3.8, 4) is 0 Å². The largest absolute Gasteiger partial charge is 0.478 e. The van der Waals surface area contributed by atoms with E-state index in [2.05, 4.69) is 10.0 Å². The predicted octanol–water partition coefficient (Wildman–Crippen LogP) is 2.50. The summed E-state index contributed by atoms with van der Waals surface area (Å²) in [5.41, 5.74) is 1.44. The first-order valence-corrected chi connectivity index (χ1v) is 10.7. The monoisotopic (exact) mass is 404 g/mol. The molecule has 1 aliphatic rings. The highest BCUT2D eigenvalue weighted by atomic mass is 32.2. The first-order chi connectivity index (χ1) is 13.5. The number of anilines is 1. The molecule has 3 N–H and O–H groups in total. The van der Waals surface area contributed by atoms with Crippen LogP contribution in [0.25, 0.3) is 0 Å². The number of aromatic carboxylic acids is 1. The van der Waals surface area contributed by atoms with Gasteiger partial charge in [-0.05, 0) is 43.0 Å². The van der Waals surface area contributed by atoms with Crippen molar-refractivity contribution >= 4 is 21.7 Å². The Morgan fingerprint density at radius 2 is 1.96 bits per heavy atom. The topological polar surface area (TPSA) is 105 Å². The van der Waals surface area contributed by atoms with Crippen molar-refractivity contribution in [1.29, 1.82) is 0 Å². The van der Waals surface area contributed by atoms with Gasteiger partial charge in [-0.1, -0.05) is 30.3 Å². The molecule has 2 aromatic rings. The van der Waals surface area contributed by atoms with E-state index in [4.69, 9.17) is 4.74 Å². The number of sulfonamides is 1. The van der Waals surface area contributed by atoms with Gasteiger partial charge >= 0.3 is 5.97 Å². The second-order valence-corrected chi connectivity index (χ2v) is 8.43. The zero-order valence-electron chi connectivity index (χ0n) is 15.4. The van der Waals surface area contributed by atoms with Gasteiger partial charge in [0.25, 0.3) is 0 Å². The molecule has 1 aliphatic heterocycles. The van der Waals surface area contributed by atoms with Gasteiger partial charge in [0.05, 0.1) is 16.6 Å². The average molecular weight is 404 g/mol. The molecular formula is C20H24N2O5S. The normalized spacial score (nSPS) is 16.8. The van der Waals surface area contributed by atoms with Crippen LogP contribution in [0.4, 0.5) is 5.69 Å². The van der Waals surface area contributed by atoms with E-state index in [1.54, 1.807) is 0 Å². The van der Waals surface area contributed by atoms with Gasteiger partial charge in [-0.3, -0.25) is 0 Å². The molecule has 0 spiro atoms. The second-order valence-electron chi connectivity index (χ2n) is 6.66. The number of hydrogen-bond acceptors (Lipinski definition) is 5.